The van der Waals surface area contributed by atoms with Gasteiger partial charge in [-0.2, -0.15) is 0 Å². The molecule has 2 fully saturated rings. The van der Waals surface area contributed by atoms with Crippen molar-refractivity contribution in [1.29, 1.82) is 0 Å². The minimum absolute atomic E-state index is 0.0301. The fourth-order valence-corrected chi connectivity index (χ4v) is 3.14. The van der Waals surface area contributed by atoms with E-state index in [1.165, 1.54) is 4.90 Å². The lowest BCUT2D eigenvalue weighted by Crippen LogP contribution is -2.54. The van der Waals surface area contributed by atoms with Gasteiger partial charge in [0.1, 0.15) is 0 Å². The van der Waals surface area contributed by atoms with Crippen LogP contribution in [0.15, 0.2) is 0 Å². The molecule has 20 heavy (non-hydrogen) atoms. The Labute approximate surface area is 119 Å². The van der Waals surface area contributed by atoms with Crippen LogP contribution in [0.1, 0.15) is 46.0 Å². The number of ether oxygens (including phenoxy) is 1. The van der Waals surface area contributed by atoms with Crippen LogP contribution in [0.25, 0.3) is 0 Å². The quantitative estimate of drug-likeness (QED) is 0.820. The summed E-state index contributed by atoms with van der Waals surface area (Å²) in [4.78, 5) is 24.7. The van der Waals surface area contributed by atoms with Crippen LogP contribution in [0.4, 0.5) is 4.79 Å². The van der Waals surface area contributed by atoms with Crippen LogP contribution in [0.5, 0.6) is 0 Å². The highest BCUT2D eigenvalue weighted by Gasteiger charge is 2.52. The minimum Gasteiger partial charge on any atom is -0.465 e. The van der Waals surface area contributed by atoms with Crippen molar-refractivity contribution in [3.05, 3.63) is 0 Å². The first-order valence-corrected chi connectivity index (χ1v) is 7.33. The van der Waals surface area contributed by atoms with Crippen LogP contribution in [-0.4, -0.2) is 46.3 Å². The van der Waals surface area contributed by atoms with E-state index >= 15 is 0 Å². The van der Waals surface area contributed by atoms with Gasteiger partial charge in [-0.25, -0.2) is 4.79 Å². The van der Waals surface area contributed by atoms with Crippen LogP contribution in [0.2, 0.25) is 0 Å². The molecule has 1 spiro atoms. The Bertz CT molecular complexity index is 404. The highest BCUT2D eigenvalue weighted by molar-refractivity contribution is 5.88. The lowest BCUT2D eigenvalue weighted by atomic mass is 9.87. The van der Waals surface area contributed by atoms with E-state index in [0.29, 0.717) is 32.4 Å². The van der Waals surface area contributed by atoms with Gasteiger partial charge in [-0.1, -0.05) is 13.8 Å². The largest absolute Gasteiger partial charge is 0.465 e. The molecule has 114 valence electrons. The van der Waals surface area contributed by atoms with Gasteiger partial charge in [0.25, 0.3) is 0 Å². The van der Waals surface area contributed by atoms with E-state index in [1.54, 1.807) is 0 Å². The van der Waals surface area contributed by atoms with E-state index in [1.807, 2.05) is 13.8 Å². The predicted molar refractivity (Wildman–Crippen MR) is 73.3 cm³/mol. The average molecular weight is 284 g/mol. The van der Waals surface area contributed by atoms with Gasteiger partial charge in [0.15, 0.2) is 11.5 Å². The summed E-state index contributed by atoms with van der Waals surface area (Å²) < 4.78 is 6.00. The van der Waals surface area contributed by atoms with Crippen molar-refractivity contribution in [2.75, 3.05) is 13.1 Å². The summed E-state index contributed by atoms with van der Waals surface area (Å²) in [6.45, 7) is 4.73. The molecule has 2 heterocycles. The number of ketones is 1. The van der Waals surface area contributed by atoms with Crippen LogP contribution in [-0.2, 0) is 9.53 Å². The highest BCUT2D eigenvalue weighted by Crippen LogP contribution is 2.43. The molecular weight excluding hydrogens is 260 g/mol. The molecule has 2 unspecified atom stereocenters. The molecule has 2 saturated heterocycles. The first kappa shape index (κ1) is 15.3. The smallest absolute Gasteiger partial charge is 0.407 e. The molecule has 2 rings (SSSR count). The predicted octanol–water partition coefficient (Wildman–Crippen LogP) is 1.58. The number of hydrogen-bond donors (Lipinski definition) is 2. The molecule has 0 aromatic carbocycles. The second kappa shape index (κ2) is 5.33. The number of amides is 1. The minimum atomic E-state index is -1.18. The summed E-state index contributed by atoms with van der Waals surface area (Å²) in [7, 11) is 0. The van der Waals surface area contributed by atoms with Crippen LogP contribution in [0, 0.1) is 5.92 Å². The summed E-state index contributed by atoms with van der Waals surface area (Å²) in [6.07, 6.45) is 2.36. The van der Waals surface area contributed by atoms with E-state index in [0.717, 1.165) is 12.8 Å². The zero-order valence-electron chi connectivity index (χ0n) is 12.2. The first-order valence-electron chi connectivity index (χ1n) is 7.33. The third-order valence-corrected chi connectivity index (χ3v) is 4.77. The van der Waals surface area contributed by atoms with Crippen LogP contribution < -0.4 is 5.73 Å². The number of carbonyl (C=O) groups excluding carboxylic acids is 1. The van der Waals surface area contributed by atoms with Gasteiger partial charge < -0.3 is 14.7 Å². The number of carboxylic acid groups (broad SMARTS) is 1. The van der Waals surface area contributed by atoms with E-state index in [2.05, 4.69) is 0 Å². The first-order chi connectivity index (χ1) is 9.32. The van der Waals surface area contributed by atoms with Crippen molar-refractivity contribution in [1.82, 2.24) is 4.90 Å². The zero-order valence-corrected chi connectivity index (χ0v) is 12.2. The van der Waals surface area contributed by atoms with Crippen molar-refractivity contribution in [3.8, 4) is 0 Å². The molecule has 3 N–H and O–H groups in total. The monoisotopic (exact) mass is 284 g/mol. The van der Waals surface area contributed by atoms with E-state index < -0.39 is 17.4 Å². The number of hydrogen-bond acceptors (Lipinski definition) is 4. The lowest BCUT2D eigenvalue weighted by Gasteiger charge is -2.39. The number of nitrogens with zero attached hydrogens (tertiary/aromatic N) is 1. The summed E-state index contributed by atoms with van der Waals surface area (Å²) in [5.41, 5.74) is 4.58. The lowest BCUT2D eigenvalue weighted by molar-refractivity contribution is -0.162. The molecule has 2 aliphatic rings. The molecule has 2 atom stereocenters. The number of likely N-dealkylation sites (tertiary alicyclic amines) is 1. The average Bonchev–Trinajstić information content (AvgIpc) is 2.76. The van der Waals surface area contributed by atoms with Crippen molar-refractivity contribution in [2.24, 2.45) is 11.7 Å². The molecule has 0 radical (unpaired) electrons. The Morgan fingerprint density at radius 2 is 1.90 bits per heavy atom. The van der Waals surface area contributed by atoms with Gasteiger partial charge in [-0.05, 0) is 32.1 Å². The summed E-state index contributed by atoms with van der Waals surface area (Å²) in [5, 5.41) is 8.97. The van der Waals surface area contributed by atoms with Crippen LogP contribution >= 0.6 is 0 Å². The Kier molecular flexibility index (Phi) is 4.07. The molecule has 2 aliphatic heterocycles. The molecule has 0 saturated carbocycles. The number of carbonyl (C=O) groups is 2. The highest BCUT2D eigenvalue weighted by atomic mass is 16.5. The normalized spacial score (nSPS) is 30.4. The molecule has 0 bridgehead atoms. The Balaban J connectivity index is 2.02. The Morgan fingerprint density at radius 3 is 2.40 bits per heavy atom. The van der Waals surface area contributed by atoms with Crippen molar-refractivity contribution in [2.45, 2.75) is 57.3 Å². The standard InChI is InChI=1S/C14H24N2O4/c1-3-10(2)11(17)14(15)5-4-13(20-14)6-8-16(9-7-13)12(18)19/h10H,3-9,15H2,1-2H3,(H,18,19). The fourth-order valence-electron chi connectivity index (χ4n) is 3.14. The van der Waals surface area contributed by atoms with Gasteiger partial charge in [0.2, 0.25) is 0 Å². The fraction of sp³-hybridized carbons (Fsp3) is 0.857. The molecule has 6 nitrogen and oxygen atoms in total. The molecule has 0 aromatic heterocycles. The van der Waals surface area contributed by atoms with Crippen LogP contribution in [0.3, 0.4) is 0 Å². The molecule has 0 aromatic rings. The number of rotatable bonds is 3. The van der Waals surface area contributed by atoms with Gasteiger partial charge in [-0.15, -0.1) is 0 Å². The SMILES string of the molecule is CCC(C)C(=O)C1(N)CCC2(CCN(C(=O)O)CC2)O1. The molecule has 0 aliphatic carbocycles. The van der Waals surface area contributed by atoms with Crippen molar-refractivity contribution < 1.29 is 19.4 Å². The third-order valence-electron chi connectivity index (χ3n) is 4.77. The van der Waals surface area contributed by atoms with Gasteiger partial charge in [0.05, 0.1) is 5.60 Å². The molecular formula is C14H24N2O4. The maximum Gasteiger partial charge on any atom is 0.407 e. The van der Waals surface area contributed by atoms with Gasteiger partial charge in [-0.3, -0.25) is 10.5 Å². The maximum absolute atomic E-state index is 12.3. The zero-order chi connectivity index (χ0) is 15.0. The number of Topliss-reactive ketones (excluding diaryl/α,β-unsaturated/α-hetero) is 1. The maximum atomic E-state index is 12.3. The van der Waals surface area contributed by atoms with Crippen molar-refractivity contribution in [3.63, 3.8) is 0 Å². The number of piperidine rings is 1. The second-order valence-corrected chi connectivity index (χ2v) is 6.12. The van der Waals surface area contributed by atoms with Gasteiger partial charge in [0, 0.05) is 19.0 Å². The molecule has 1 amide bonds. The topological polar surface area (TPSA) is 92.9 Å². The van der Waals surface area contributed by atoms with E-state index in [4.69, 9.17) is 15.6 Å². The second-order valence-electron chi connectivity index (χ2n) is 6.12. The Hall–Kier alpha value is -1.14. The third kappa shape index (κ3) is 2.67. The molecule has 6 heteroatoms. The van der Waals surface area contributed by atoms with Gasteiger partial charge >= 0.3 is 6.09 Å². The number of nitrogens with two attached hydrogens (primary N) is 1. The van der Waals surface area contributed by atoms with E-state index in [9.17, 15) is 9.59 Å². The van der Waals surface area contributed by atoms with Crippen molar-refractivity contribution >= 4 is 11.9 Å². The summed E-state index contributed by atoms with van der Waals surface area (Å²) in [5.74, 6) is -0.133. The Morgan fingerprint density at radius 1 is 1.30 bits per heavy atom. The summed E-state index contributed by atoms with van der Waals surface area (Å²) in [6, 6.07) is 0. The summed E-state index contributed by atoms with van der Waals surface area (Å²) >= 11 is 0. The van der Waals surface area contributed by atoms with E-state index in [-0.39, 0.29) is 11.7 Å².